The van der Waals surface area contributed by atoms with E-state index in [0.29, 0.717) is 12.1 Å². The van der Waals surface area contributed by atoms with Crippen molar-refractivity contribution >= 4 is 29.3 Å². The molecule has 0 heterocycles. The lowest BCUT2D eigenvalue weighted by Gasteiger charge is -2.19. The number of anilines is 1. The Balaban J connectivity index is 1.79. The fourth-order valence-electron chi connectivity index (χ4n) is 2.41. The van der Waals surface area contributed by atoms with Crippen LogP contribution < -0.4 is 10.6 Å². The van der Waals surface area contributed by atoms with E-state index < -0.39 is 0 Å². The van der Waals surface area contributed by atoms with Gasteiger partial charge in [-0.05, 0) is 53.6 Å². The van der Waals surface area contributed by atoms with Crippen molar-refractivity contribution < 1.29 is 9.59 Å². The Morgan fingerprint density at radius 3 is 2.12 bits per heavy atom. The van der Waals surface area contributed by atoms with Gasteiger partial charge in [0.15, 0.2) is 0 Å². The minimum absolute atomic E-state index is 0.0567. The molecule has 2 aromatic carbocycles. The molecule has 0 atom stereocenters. The zero-order valence-corrected chi connectivity index (χ0v) is 16.6. The molecule has 0 aliphatic carbocycles. The number of amides is 2. The number of carbonyl (C=O) groups is 2. The Morgan fingerprint density at radius 2 is 1.58 bits per heavy atom. The van der Waals surface area contributed by atoms with E-state index in [-0.39, 0.29) is 23.7 Å². The minimum atomic E-state index is -0.164. The zero-order chi connectivity index (χ0) is 19.2. The van der Waals surface area contributed by atoms with E-state index in [0.717, 1.165) is 10.6 Å². The standard InChI is InChI=1S/C21H26N2O2S/c1-21(2,3)16-7-5-15(6-8-16)20(25)22-14-13-19(24)23-17-9-11-18(26-4)12-10-17/h5-12H,13-14H2,1-4H3,(H,22,25)(H,23,24). The molecule has 0 saturated heterocycles. The van der Waals surface area contributed by atoms with E-state index in [9.17, 15) is 9.59 Å². The number of carbonyl (C=O) groups excluding carboxylic acids is 2. The highest BCUT2D eigenvalue weighted by Gasteiger charge is 2.14. The van der Waals surface area contributed by atoms with Crippen LogP contribution in [0.5, 0.6) is 0 Å². The van der Waals surface area contributed by atoms with E-state index in [1.54, 1.807) is 11.8 Å². The number of thioether (sulfide) groups is 1. The molecule has 5 heteroatoms. The maximum Gasteiger partial charge on any atom is 0.251 e. The van der Waals surface area contributed by atoms with E-state index in [2.05, 4.69) is 31.4 Å². The second kappa shape index (κ2) is 8.90. The number of nitrogens with one attached hydrogen (secondary N) is 2. The summed E-state index contributed by atoms with van der Waals surface area (Å²) in [5.41, 5.74) is 2.60. The Kier molecular flexibility index (Phi) is 6.86. The molecule has 0 aromatic heterocycles. The van der Waals surface area contributed by atoms with Crippen LogP contribution in [0.2, 0.25) is 0 Å². The van der Waals surface area contributed by atoms with E-state index in [1.807, 2.05) is 54.8 Å². The Bertz CT molecular complexity index is 747. The number of hydrogen-bond donors (Lipinski definition) is 2. The van der Waals surface area contributed by atoms with Gasteiger partial charge in [0, 0.05) is 29.1 Å². The second-order valence-corrected chi connectivity index (χ2v) is 7.99. The monoisotopic (exact) mass is 370 g/mol. The van der Waals surface area contributed by atoms with Crippen LogP contribution >= 0.6 is 11.8 Å². The van der Waals surface area contributed by atoms with Gasteiger partial charge in [0.05, 0.1) is 0 Å². The Hall–Kier alpha value is -2.27. The summed E-state index contributed by atoms with van der Waals surface area (Å²) in [6.45, 7) is 6.70. The maximum absolute atomic E-state index is 12.2. The molecule has 2 aromatic rings. The van der Waals surface area contributed by atoms with Gasteiger partial charge >= 0.3 is 0 Å². The summed E-state index contributed by atoms with van der Waals surface area (Å²) < 4.78 is 0. The summed E-state index contributed by atoms with van der Waals surface area (Å²) in [5, 5.41) is 5.62. The highest BCUT2D eigenvalue weighted by molar-refractivity contribution is 7.98. The molecule has 138 valence electrons. The lowest BCUT2D eigenvalue weighted by molar-refractivity contribution is -0.116. The maximum atomic E-state index is 12.2. The van der Waals surface area contributed by atoms with Gasteiger partial charge < -0.3 is 10.6 Å². The van der Waals surface area contributed by atoms with Crippen molar-refractivity contribution in [3.63, 3.8) is 0 Å². The molecule has 0 aliphatic heterocycles. The second-order valence-electron chi connectivity index (χ2n) is 7.11. The summed E-state index contributed by atoms with van der Waals surface area (Å²) in [7, 11) is 0. The molecular formula is C21H26N2O2S. The number of hydrogen-bond acceptors (Lipinski definition) is 3. The molecule has 0 spiro atoms. The van der Waals surface area contributed by atoms with Gasteiger partial charge in [0.1, 0.15) is 0 Å². The van der Waals surface area contributed by atoms with Gasteiger partial charge in [-0.2, -0.15) is 0 Å². The average molecular weight is 371 g/mol. The number of rotatable bonds is 6. The van der Waals surface area contributed by atoms with Crippen LogP contribution in [-0.4, -0.2) is 24.6 Å². The smallest absolute Gasteiger partial charge is 0.251 e. The molecule has 0 radical (unpaired) electrons. The zero-order valence-electron chi connectivity index (χ0n) is 15.8. The summed E-state index contributed by atoms with van der Waals surface area (Å²) in [5.74, 6) is -0.284. The van der Waals surface area contributed by atoms with Crippen molar-refractivity contribution in [2.75, 3.05) is 18.1 Å². The van der Waals surface area contributed by atoms with Gasteiger partial charge in [-0.25, -0.2) is 0 Å². The first kappa shape index (κ1) is 20.0. The molecule has 0 unspecified atom stereocenters. The molecule has 26 heavy (non-hydrogen) atoms. The summed E-state index contributed by atoms with van der Waals surface area (Å²) >= 11 is 1.65. The molecule has 0 aliphatic rings. The quantitative estimate of drug-likeness (QED) is 0.738. The molecule has 2 amide bonds. The van der Waals surface area contributed by atoms with Crippen LogP contribution in [0.1, 0.15) is 43.1 Å². The molecule has 2 N–H and O–H groups in total. The first-order valence-electron chi connectivity index (χ1n) is 8.62. The van der Waals surface area contributed by atoms with Crippen LogP contribution in [0.25, 0.3) is 0 Å². The Morgan fingerprint density at radius 1 is 0.962 bits per heavy atom. The molecule has 4 nitrogen and oxygen atoms in total. The molecule has 0 bridgehead atoms. The van der Waals surface area contributed by atoms with Gasteiger partial charge in [0.25, 0.3) is 5.91 Å². The average Bonchev–Trinajstić information content (AvgIpc) is 2.61. The van der Waals surface area contributed by atoms with Crippen LogP contribution in [0.4, 0.5) is 5.69 Å². The summed E-state index contributed by atoms with van der Waals surface area (Å²) in [6.07, 6.45) is 2.24. The third kappa shape index (κ3) is 5.92. The van der Waals surface area contributed by atoms with Crippen LogP contribution in [-0.2, 0) is 10.2 Å². The van der Waals surface area contributed by atoms with E-state index in [1.165, 1.54) is 5.56 Å². The van der Waals surface area contributed by atoms with Crippen molar-refractivity contribution in [1.82, 2.24) is 5.32 Å². The van der Waals surface area contributed by atoms with Gasteiger partial charge in [0.2, 0.25) is 5.91 Å². The molecule has 0 saturated carbocycles. The van der Waals surface area contributed by atoms with Crippen molar-refractivity contribution in [3.05, 3.63) is 59.7 Å². The van der Waals surface area contributed by atoms with Crippen molar-refractivity contribution in [3.8, 4) is 0 Å². The molecule has 0 fully saturated rings. The normalized spacial score (nSPS) is 11.1. The predicted molar refractivity (Wildman–Crippen MR) is 109 cm³/mol. The topological polar surface area (TPSA) is 58.2 Å². The molecule has 2 rings (SSSR count). The summed E-state index contributed by atoms with van der Waals surface area (Å²) in [4.78, 5) is 25.3. The fourth-order valence-corrected chi connectivity index (χ4v) is 2.82. The fraction of sp³-hybridized carbons (Fsp3) is 0.333. The molecular weight excluding hydrogens is 344 g/mol. The SMILES string of the molecule is CSc1ccc(NC(=O)CCNC(=O)c2ccc(C(C)(C)C)cc2)cc1. The summed E-state index contributed by atoms with van der Waals surface area (Å²) in [6, 6.07) is 15.3. The highest BCUT2D eigenvalue weighted by Crippen LogP contribution is 2.22. The number of benzene rings is 2. The van der Waals surface area contributed by atoms with Crippen LogP contribution in [0, 0.1) is 0 Å². The van der Waals surface area contributed by atoms with Gasteiger partial charge in [-0.15, -0.1) is 11.8 Å². The van der Waals surface area contributed by atoms with Crippen LogP contribution in [0.15, 0.2) is 53.4 Å². The van der Waals surface area contributed by atoms with Crippen molar-refractivity contribution in [2.24, 2.45) is 0 Å². The van der Waals surface area contributed by atoms with E-state index in [4.69, 9.17) is 0 Å². The minimum Gasteiger partial charge on any atom is -0.352 e. The van der Waals surface area contributed by atoms with Gasteiger partial charge in [-0.3, -0.25) is 9.59 Å². The third-order valence-electron chi connectivity index (χ3n) is 4.02. The first-order chi connectivity index (χ1) is 12.3. The third-order valence-corrected chi connectivity index (χ3v) is 4.77. The highest BCUT2D eigenvalue weighted by atomic mass is 32.2. The van der Waals surface area contributed by atoms with Crippen LogP contribution in [0.3, 0.4) is 0 Å². The lowest BCUT2D eigenvalue weighted by atomic mass is 9.87. The lowest BCUT2D eigenvalue weighted by Crippen LogP contribution is -2.27. The van der Waals surface area contributed by atoms with Crippen molar-refractivity contribution in [2.45, 2.75) is 37.5 Å². The predicted octanol–water partition coefficient (Wildman–Crippen LogP) is 4.46. The first-order valence-corrected chi connectivity index (χ1v) is 9.85. The van der Waals surface area contributed by atoms with Gasteiger partial charge in [-0.1, -0.05) is 32.9 Å². The van der Waals surface area contributed by atoms with Crippen molar-refractivity contribution in [1.29, 1.82) is 0 Å². The Labute approximate surface area is 159 Å². The largest absolute Gasteiger partial charge is 0.352 e. The van der Waals surface area contributed by atoms with E-state index >= 15 is 0 Å².